The first-order valence-electron chi connectivity index (χ1n) is 4.11. The van der Waals surface area contributed by atoms with Gasteiger partial charge >= 0.3 is 6.09 Å². The number of hydrogen-bond donors (Lipinski definition) is 2. The lowest BCUT2D eigenvalue weighted by molar-refractivity contribution is 0.192. The van der Waals surface area contributed by atoms with Gasteiger partial charge in [0, 0.05) is 26.2 Å². The molecule has 0 bridgehead atoms. The quantitative estimate of drug-likeness (QED) is 0.579. The van der Waals surface area contributed by atoms with E-state index in [-0.39, 0.29) is 0 Å². The summed E-state index contributed by atoms with van der Waals surface area (Å²) >= 11 is 0. The highest BCUT2D eigenvalue weighted by Crippen LogP contribution is 1.87. The highest BCUT2D eigenvalue weighted by atomic mass is 16.4. The van der Waals surface area contributed by atoms with Crippen LogP contribution in [0.15, 0.2) is 25.3 Å². The Morgan fingerprint density at radius 2 is 1.92 bits per heavy atom. The van der Waals surface area contributed by atoms with Crippen LogP contribution in [0.3, 0.4) is 0 Å². The smallest absolute Gasteiger partial charge is 0.404 e. The monoisotopic (exact) mass is 184 g/mol. The van der Waals surface area contributed by atoms with Crippen LogP contribution in [0.1, 0.15) is 0 Å². The molecular formula is C9H16N2O2. The van der Waals surface area contributed by atoms with Gasteiger partial charge in [0.15, 0.2) is 0 Å². The maximum atomic E-state index is 10.1. The highest BCUT2D eigenvalue weighted by Gasteiger charge is 2.00. The maximum absolute atomic E-state index is 10.1. The molecule has 0 rings (SSSR count). The molecule has 0 saturated heterocycles. The molecule has 0 aromatic rings. The van der Waals surface area contributed by atoms with E-state index in [0.29, 0.717) is 13.1 Å². The Balaban J connectivity index is 3.60. The maximum Gasteiger partial charge on any atom is 0.404 e. The van der Waals surface area contributed by atoms with E-state index < -0.39 is 6.09 Å². The van der Waals surface area contributed by atoms with Crippen LogP contribution in [0.4, 0.5) is 4.79 Å². The van der Waals surface area contributed by atoms with E-state index in [1.54, 1.807) is 12.2 Å². The van der Waals surface area contributed by atoms with E-state index >= 15 is 0 Å². The largest absolute Gasteiger partial charge is 0.465 e. The van der Waals surface area contributed by atoms with Gasteiger partial charge in [0.1, 0.15) is 0 Å². The van der Waals surface area contributed by atoms with Crippen molar-refractivity contribution in [2.24, 2.45) is 0 Å². The molecule has 0 aliphatic heterocycles. The average Bonchev–Trinajstić information content (AvgIpc) is 2.04. The zero-order valence-corrected chi connectivity index (χ0v) is 7.70. The van der Waals surface area contributed by atoms with Gasteiger partial charge in [-0.2, -0.15) is 0 Å². The highest BCUT2D eigenvalue weighted by molar-refractivity contribution is 5.64. The molecular weight excluding hydrogens is 168 g/mol. The summed E-state index contributed by atoms with van der Waals surface area (Å²) in [6, 6.07) is 0. The van der Waals surface area contributed by atoms with Crippen molar-refractivity contribution in [1.82, 2.24) is 10.2 Å². The number of nitrogens with zero attached hydrogens (tertiary/aromatic N) is 1. The molecule has 0 radical (unpaired) electrons. The summed E-state index contributed by atoms with van der Waals surface area (Å²) in [5, 5.41) is 10.6. The normalized spacial score (nSPS) is 9.62. The summed E-state index contributed by atoms with van der Waals surface area (Å²) in [6.45, 7) is 9.81. The van der Waals surface area contributed by atoms with E-state index in [9.17, 15) is 4.79 Å². The van der Waals surface area contributed by atoms with E-state index in [1.807, 2.05) is 4.90 Å². The Morgan fingerprint density at radius 1 is 1.38 bits per heavy atom. The average molecular weight is 184 g/mol. The molecule has 0 heterocycles. The third-order valence-electron chi connectivity index (χ3n) is 1.48. The van der Waals surface area contributed by atoms with Crippen molar-refractivity contribution < 1.29 is 9.90 Å². The second-order valence-corrected chi connectivity index (χ2v) is 2.57. The minimum Gasteiger partial charge on any atom is -0.465 e. The molecule has 13 heavy (non-hydrogen) atoms. The number of carboxylic acid groups (broad SMARTS) is 1. The van der Waals surface area contributed by atoms with Gasteiger partial charge in [0.05, 0.1) is 0 Å². The molecule has 4 heteroatoms. The van der Waals surface area contributed by atoms with Crippen LogP contribution in [0.5, 0.6) is 0 Å². The Labute approximate surface area is 78.5 Å². The van der Waals surface area contributed by atoms with Crippen molar-refractivity contribution in [3.8, 4) is 0 Å². The van der Waals surface area contributed by atoms with Gasteiger partial charge in [-0.15, -0.1) is 13.2 Å². The van der Waals surface area contributed by atoms with Crippen molar-refractivity contribution >= 4 is 6.09 Å². The van der Waals surface area contributed by atoms with Crippen LogP contribution in [-0.4, -0.2) is 42.3 Å². The van der Waals surface area contributed by atoms with Crippen molar-refractivity contribution in [2.75, 3.05) is 26.2 Å². The standard InChI is InChI=1S/C9H16N2O2/c1-3-6-11(7-4-2)8-5-10-9(12)13/h3-4,10H,1-2,5-8H2,(H,12,13). The Hall–Kier alpha value is -1.29. The molecule has 0 saturated carbocycles. The molecule has 74 valence electrons. The number of amides is 1. The predicted octanol–water partition coefficient (Wildman–Crippen LogP) is 0.928. The van der Waals surface area contributed by atoms with Crippen LogP contribution >= 0.6 is 0 Å². The minimum atomic E-state index is -0.989. The number of carbonyl (C=O) groups is 1. The van der Waals surface area contributed by atoms with Gasteiger partial charge in [0.25, 0.3) is 0 Å². The molecule has 0 atom stereocenters. The molecule has 0 unspecified atom stereocenters. The Kier molecular flexibility index (Phi) is 6.63. The van der Waals surface area contributed by atoms with Crippen LogP contribution in [0.25, 0.3) is 0 Å². The van der Waals surface area contributed by atoms with Gasteiger partial charge in [0.2, 0.25) is 0 Å². The van der Waals surface area contributed by atoms with Gasteiger partial charge < -0.3 is 10.4 Å². The van der Waals surface area contributed by atoms with Gasteiger partial charge in [-0.3, -0.25) is 4.90 Å². The van der Waals surface area contributed by atoms with Crippen molar-refractivity contribution in [2.45, 2.75) is 0 Å². The fourth-order valence-corrected chi connectivity index (χ4v) is 0.943. The zero-order chi connectivity index (χ0) is 10.1. The number of rotatable bonds is 7. The summed E-state index contributed by atoms with van der Waals surface area (Å²) in [5.41, 5.74) is 0. The SMILES string of the molecule is C=CCN(CC=C)CCNC(=O)O. The van der Waals surface area contributed by atoms with Gasteiger partial charge in [-0.05, 0) is 0 Å². The van der Waals surface area contributed by atoms with Crippen LogP contribution in [0, 0.1) is 0 Å². The third-order valence-corrected chi connectivity index (χ3v) is 1.48. The van der Waals surface area contributed by atoms with E-state index in [0.717, 1.165) is 13.1 Å². The van der Waals surface area contributed by atoms with Crippen molar-refractivity contribution in [1.29, 1.82) is 0 Å². The Morgan fingerprint density at radius 3 is 2.31 bits per heavy atom. The molecule has 0 aromatic carbocycles. The third kappa shape index (κ3) is 7.08. The molecule has 4 nitrogen and oxygen atoms in total. The van der Waals surface area contributed by atoms with Crippen LogP contribution in [-0.2, 0) is 0 Å². The first kappa shape index (κ1) is 11.7. The van der Waals surface area contributed by atoms with Crippen molar-refractivity contribution in [3.63, 3.8) is 0 Å². The fraction of sp³-hybridized carbons (Fsp3) is 0.444. The number of hydrogen-bond acceptors (Lipinski definition) is 2. The lowest BCUT2D eigenvalue weighted by Gasteiger charge is -2.17. The van der Waals surface area contributed by atoms with E-state index in [4.69, 9.17) is 5.11 Å². The molecule has 0 aliphatic rings. The second-order valence-electron chi connectivity index (χ2n) is 2.57. The van der Waals surface area contributed by atoms with Crippen LogP contribution < -0.4 is 5.32 Å². The molecule has 0 aromatic heterocycles. The van der Waals surface area contributed by atoms with Crippen LogP contribution in [0.2, 0.25) is 0 Å². The molecule has 1 amide bonds. The number of nitrogens with one attached hydrogen (secondary N) is 1. The molecule has 0 fully saturated rings. The summed E-state index contributed by atoms with van der Waals surface area (Å²) in [5.74, 6) is 0. The van der Waals surface area contributed by atoms with E-state index in [2.05, 4.69) is 18.5 Å². The summed E-state index contributed by atoms with van der Waals surface area (Å²) < 4.78 is 0. The lowest BCUT2D eigenvalue weighted by Crippen LogP contribution is -2.34. The lowest BCUT2D eigenvalue weighted by atomic mass is 10.4. The first-order chi connectivity index (χ1) is 6.20. The topological polar surface area (TPSA) is 52.6 Å². The second kappa shape index (κ2) is 7.36. The van der Waals surface area contributed by atoms with Gasteiger partial charge in [-0.1, -0.05) is 12.2 Å². The van der Waals surface area contributed by atoms with E-state index in [1.165, 1.54) is 0 Å². The Bertz CT molecular complexity index is 170. The summed E-state index contributed by atoms with van der Waals surface area (Å²) in [4.78, 5) is 12.2. The molecule has 2 N–H and O–H groups in total. The minimum absolute atomic E-state index is 0.428. The molecule has 0 spiro atoms. The summed E-state index contributed by atoms with van der Waals surface area (Å²) in [6.07, 6.45) is 2.58. The first-order valence-corrected chi connectivity index (χ1v) is 4.11. The molecule has 0 aliphatic carbocycles. The van der Waals surface area contributed by atoms with Gasteiger partial charge in [-0.25, -0.2) is 4.79 Å². The van der Waals surface area contributed by atoms with Crippen molar-refractivity contribution in [3.05, 3.63) is 25.3 Å². The fourth-order valence-electron chi connectivity index (χ4n) is 0.943. The summed E-state index contributed by atoms with van der Waals surface area (Å²) in [7, 11) is 0. The predicted molar refractivity (Wildman–Crippen MR) is 52.9 cm³/mol. The zero-order valence-electron chi connectivity index (χ0n) is 7.70.